The van der Waals surface area contributed by atoms with Crippen molar-refractivity contribution in [1.29, 1.82) is 0 Å². The third kappa shape index (κ3) is 5.40. The van der Waals surface area contributed by atoms with Crippen molar-refractivity contribution >= 4 is 29.2 Å². The first-order valence-electron chi connectivity index (χ1n) is 11.2. The van der Waals surface area contributed by atoms with Gasteiger partial charge in [-0.2, -0.15) is 0 Å². The number of ether oxygens (including phenoxy) is 2. The number of nitrogens with one attached hydrogen (secondary N) is 1. The number of carbonyl (C=O) groups is 3. The second kappa shape index (κ2) is 10.7. The van der Waals surface area contributed by atoms with Crippen molar-refractivity contribution in [3.63, 3.8) is 0 Å². The highest BCUT2D eigenvalue weighted by Crippen LogP contribution is 2.30. The zero-order chi connectivity index (χ0) is 24.8. The lowest BCUT2D eigenvalue weighted by Crippen LogP contribution is -2.37. The van der Waals surface area contributed by atoms with Gasteiger partial charge in [0.25, 0.3) is 5.91 Å². The summed E-state index contributed by atoms with van der Waals surface area (Å²) in [7, 11) is 1.54. The molecule has 1 aliphatic heterocycles. The Morgan fingerprint density at radius 2 is 1.74 bits per heavy atom. The van der Waals surface area contributed by atoms with E-state index < -0.39 is 18.0 Å². The van der Waals surface area contributed by atoms with E-state index in [9.17, 15) is 14.4 Å². The summed E-state index contributed by atoms with van der Waals surface area (Å²) >= 11 is 0. The minimum Gasteiger partial charge on any atom is -0.497 e. The summed E-state index contributed by atoms with van der Waals surface area (Å²) in [5, 5.41) is 2.80. The number of pyridine rings is 1. The SMILES string of the molecule is CCOc1ccc(NC(=O)CC2C(=O)N(c3ccc(OC)cc3)C(=O)N2Cc2cccnc2)cc1. The van der Waals surface area contributed by atoms with Crippen LogP contribution in [0.5, 0.6) is 11.5 Å². The lowest BCUT2D eigenvalue weighted by atomic mass is 10.1. The molecule has 180 valence electrons. The first-order chi connectivity index (χ1) is 17.0. The number of amides is 4. The number of nitrogens with zero attached hydrogens (tertiary/aromatic N) is 3. The lowest BCUT2D eigenvalue weighted by molar-refractivity contribution is -0.124. The first-order valence-corrected chi connectivity index (χ1v) is 11.2. The van der Waals surface area contributed by atoms with Gasteiger partial charge in [-0.05, 0) is 67.1 Å². The Bertz CT molecular complexity index is 1180. The lowest BCUT2D eigenvalue weighted by Gasteiger charge is -2.21. The summed E-state index contributed by atoms with van der Waals surface area (Å²) < 4.78 is 10.6. The molecular formula is C26H26N4O5. The second-order valence-corrected chi connectivity index (χ2v) is 7.87. The molecule has 1 atom stereocenters. The fourth-order valence-corrected chi connectivity index (χ4v) is 3.86. The molecule has 2 heterocycles. The molecule has 4 rings (SSSR count). The van der Waals surface area contributed by atoms with E-state index in [1.807, 2.05) is 13.0 Å². The molecule has 0 saturated carbocycles. The Balaban J connectivity index is 1.55. The number of aromatic nitrogens is 1. The molecule has 1 fully saturated rings. The molecule has 0 spiro atoms. The van der Waals surface area contributed by atoms with Gasteiger partial charge in [-0.1, -0.05) is 6.07 Å². The van der Waals surface area contributed by atoms with Crippen LogP contribution in [0.2, 0.25) is 0 Å². The maximum Gasteiger partial charge on any atom is 0.332 e. The van der Waals surface area contributed by atoms with Crippen molar-refractivity contribution in [2.45, 2.75) is 25.9 Å². The highest BCUT2D eigenvalue weighted by Gasteiger charge is 2.46. The number of anilines is 2. The number of rotatable bonds is 9. The molecule has 9 heteroatoms. The van der Waals surface area contributed by atoms with Crippen molar-refractivity contribution < 1.29 is 23.9 Å². The summed E-state index contributed by atoms with van der Waals surface area (Å²) in [6.07, 6.45) is 3.07. The largest absolute Gasteiger partial charge is 0.497 e. The Hall–Kier alpha value is -4.40. The van der Waals surface area contributed by atoms with E-state index in [1.165, 1.54) is 12.0 Å². The minimum atomic E-state index is -0.965. The maximum absolute atomic E-state index is 13.4. The zero-order valence-electron chi connectivity index (χ0n) is 19.5. The molecule has 0 radical (unpaired) electrons. The number of hydrogen-bond acceptors (Lipinski definition) is 6. The molecule has 1 unspecified atom stereocenters. The predicted octanol–water partition coefficient (Wildman–Crippen LogP) is 3.86. The molecule has 9 nitrogen and oxygen atoms in total. The van der Waals surface area contributed by atoms with Crippen LogP contribution in [0.3, 0.4) is 0 Å². The van der Waals surface area contributed by atoms with Crippen LogP contribution in [0.1, 0.15) is 18.9 Å². The van der Waals surface area contributed by atoms with E-state index in [1.54, 1.807) is 67.0 Å². The summed E-state index contributed by atoms with van der Waals surface area (Å²) in [6, 6.07) is 15.7. The average Bonchev–Trinajstić information content (AvgIpc) is 3.10. The number of imide groups is 1. The van der Waals surface area contributed by atoms with Gasteiger partial charge in [0, 0.05) is 24.6 Å². The standard InChI is InChI=1S/C26H26N4O5/c1-3-35-22-10-6-19(7-11-22)28-24(31)15-23-25(32)30(20-8-12-21(34-2)13-9-20)26(33)29(23)17-18-5-4-14-27-16-18/h4-14,16,23H,3,15,17H2,1-2H3,(H,28,31). The fraction of sp³-hybridized carbons (Fsp3) is 0.231. The molecule has 3 aromatic rings. The Labute approximate surface area is 203 Å². The number of methoxy groups -OCH3 is 1. The van der Waals surface area contributed by atoms with Crippen molar-refractivity contribution in [3.05, 3.63) is 78.6 Å². The van der Waals surface area contributed by atoms with Gasteiger partial charge in [-0.15, -0.1) is 0 Å². The Morgan fingerprint density at radius 1 is 1.03 bits per heavy atom. The topological polar surface area (TPSA) is 101 Å². The van der Waals surface area contributed by atoms with Crippen LogP contribution in [-0.4, -0.2) is 47.5 Å². The number of carbonyl (C=O) groups excluding carboxylic acids is 3. The van der Waals surface area contributed by atoms with E-state index in [4.69, 9.17) is 9.47 Å². The maximum atomic E-state index is 13.4. The summed E-state index contributed by atoms with van der Waals surface area (Å²) in [6.45, 7) is 2.58. The van der Waals surface area contributed by atoms with Gasteiger partial charge in [0.1, 0.15) is 17.5 Å². The van der Waals surface area contributed by atoms with Crippen LogP contribution in [-0.2, 0) is 16.1 Å². The van der Waals surface area contributed by atoms with Crippen LogP contribution in [0.4, 0.5) is 16.2 Å². The summed E-state index contributed by atoms with van der Waals surface area (Å²) in [5.74, 6) is 0.449. The number of benzene rings is 2. The second-order valence-electron chi connectivity index (χ2n) is 7.87. The monoisotopic (exact) mass is 474 g/mol. The molecule has 0 bridgehead atoms. The average molecular weight is 475 g/mol. The zero-order valence-corrected chi connectivity index (χ0v) is 19.5. The van der Waals surface area contributed by atoms with Crippen molar-refractivity contribution in [2.75, 3.05) is 23.9 Å². The highest BCUT2D eigenvalue weighted by atomic mass is 16.5. The summed E-state index contributed by atoms with van der Waals surface area (Å²) in [4.78, 5) is 46.2. The number of hydrogen-bond donors (Lipinski definition) is 1. The van der Waals surface area contributed by atoms with E-state index in [0.717, 1.165) is 10.5 Å². The molecular weight excluding hydrogens is 448 g/mol. The van der Waals surface area contributed by atoms with Crippen molar-refractivity contribution in [2.24, 2.45) is 0 Å². The van der Waals surface area contributed by atoms with E-state index in [0.29, 0.717) is 29.5 Å². The van der Waals surface area contributed by atoms with Crippen LogP contribution < -0.4 is 19.7 Å². The van der Waals surface area contributed by atoms with Gasteiger partial charge in [0.2, 0.25) is 5.91 Å². The smallest absolute Gasteiger partial charge is 0.332 e. The van der Waals surface area contributed by atoms with Crippen molar-refractivity contribution in [1.82, 2.24) is 9.88 Å². The molecule has 0 aliphatic carbocycles. The van der Waals surface area contributed by atoms with Crippen LogP contribution in [0.25, 0.3) is 0 Å². The van der Waals surface area contributed by atoms with Crippen LogP contribution in [0.15, 0.2) is 73.1 Å². The van der Waals surface area contributed by atoms with Gasteiger partial charge in [0.15, 0.2) is 0 Å². The van der Waals surface area contributed by atoms with Gasteiger partial charge in [-0.25, -0.2) is 9.69 Å². The van der Waals surface area contributed by atoms with E-state index >= 15 is 0 Å². The Morgan fingerprint density at radius 3 is 2.37 bits per heavy atom. The van der Waals surface area contributed by atoms with Gasteiger partial charge in [0.05, 0.1) is 25.8 Å². The Kier molecular flexibility index (Phi) is 7.25. The number of urea groups is 1. The predicted molar refractivity (Wildman–Crippen MR) is 130 cm³/mol. The van der Waals surface area contributed by atoms with Gasteiger partial charge < -0.3 is 19.7 Å². The van der Waals surface area contributed by atoms with Gasteiger partial charge in [-0.3, -0.25) is 14.6 Å². The summed E-state index contributed by atoms with van der Waals surface area (Å²) in [5.41, 5.74) is 1.73. The third-order valence-corrected chi connectivity index (χ3v) is 5.55. The normalized spacial score (nSPS) is 15.3. The molecule has 1 aromatic heterocycles. The molecule has 1 N–H and O–H groups in total. The minimum absolute atomic E-state index is 0.145. The van der Waals surface area contributed by atoms with Crippen LogP contribution >= 0.6 is 0 Å². The quantitative estimate of drug-likeness (QED) is 0.473. The third-order valence-electron chi connectivity index (χ3n) is 5.55. The molecule has 2 aromatic carbocycles. The van der Waals surface area contributed by atoms with E-state index in [-0.39, 0.29) is 18.9 Å². The van der Waals surface area contributed by atoms with Gasteiger partial charge >= 0.3 is 6.03 Å². The molecule has 1 aliphatic rings. The fourth-order valence-electron chi connectivity index (χ4n) is 3.86. The van der Waals surface area contributed by atoms with Crippen LogP contribution in [0, 0.1) is 0 Å². The molecule has 4 amide bonds. The first kappa shape index (κ1) is 23.7. The highest BCUT2D eigenvalue weighted by molar-refractivity contribution is 6.22. The van der Waals surface area contributed by atoms with E-state index in [2.05, 4.69) is 10.3 Å². The molecule has 35 heavy (non-hydrogen) atoms. The van der Waals surface area contributed by atoms with Crippen molar-refractivity contribution in [3.8, 4) is 11.5 Å². The molecule has 1 saturated heterocycles.